The van der Waals surface area contributed by atoms with Crippen molar-refractivity contribution in [2.24, 2.45) is 5.92 Å². The number of rotatable bonds is 8. The summed E-state index contributed by atoms with van der Waals surface area (Å²) in [5.74, 6) is 2.73. The first-order chi connectivity index (χ1) is 15.6. The summed E-state index contributed by atoms with van der Waals surface area (Å²) in [6.45, 7) is 2.24. The number of methoxy groups -OCH3 is 1. The first-order valence-corrected chi connectivity index (χ1v) is 11.7. The van der Waals surface area contributed by atoms with E-state index < -0.39 is 0 Å². The van der Waals surface area contributed by atoms with E-state index in [4.69, 9.17) is 15.5 Å². The monoisotopic (exact) mass is 425 g/mol. The fourth-order valence-corrected chi connectivity index (χ4v) is 4.67. The maximum absolute atomic E-state index is 6.33. The van der Waals surface area contributed by atoms with Gasteiger partial charge in [-0.25, -0.2) is 4.98 Å². The minimum absolute atomic E-state index is 0.391. The predicted octanol–water partition coefficient (Wildman–Crippen LogP) is 6.45. The molecule has 0 bridgehead atoms. The lowest BCUT2D eigenvalue weighted by Crippen LogP contribution is -2.04. The molecule has 4 heteroatoms. The molecule has 5 rings (SSSR count). The van der Waals surface area contributed by atoms with E-state index in [-0.39, 0.29) is 0 Å². The van der Waals surface area contributed by atoms with Crippen LogP contribution in [0.1, 0.15) is 55.2 Å². The Kier molecular flexibility index (Phi) is 5.69. The molecule has 0 radical (unpaired) electrons. The minimum Gasteiger partial charge on any atom is -0.497 e. The highest BCUT2D eigenvalue weighted by atomic mass is 16.5. The molecule has 164 valence electrons. The third-order valence-corrected chi connectivity index (χ3v) is 6.89. The third-order valence-electron chi connectivity index (χ3n) is 6.89. The van der Waals surface area contributed by atoms with Crippen LogP contribution in [0.25, 0.3) is 21.8 Å². The van der Waals surface area contributed by atoms with Gasteiger partial charge in [-0.3, -0.25) is 4.98 Å². The average Bonchev–Trinajstić information content (AvgIpc) is 3.66. The van der Waals surface area contributed by atoms with Gasteiger partial charge in [0.1, 0.15) is 11.3 Å². The number of anilines is 1. The Morgan fingerprint density at radius 1 is 1.03 bits per heavy atom. The van der Waals surface area contributed by atoms with E-state index >= 15 is 0 Å². The molecule has 2 N–H and O–H groups in total. The first-order valence-electron chi connectivity index (χ1n) is 11.7. The van der Waals surface area contributed by atoms with E-state index in [1.165, 1.54) is 36.0 Å². The van der Waals surface area contributed by atoms with E-state index in [2.05, 4.69) is 48.3 Å². The van der Waals surface area contributed by atoms with Gasteiger partial charge in [0.15, 0.2) is 5.82 Å². The van der Waals surface area contributed by atoms with Crippen LogP contribution in [0, 0.1) is 5.92 Å². The van der Waals surface area contributed by atoms with Crippen LogP contribution in [-0.2, 0) is 12.8 Å². The maximum Gasteiger partial charge on any atom is 0.150 e. The van der Waals surface area contributed by atoms with Crippen LogP contribution in [0.3, 0.4) is 0 Å². The van der Waals surface area contributed by atoms with Gasteiger partial charge < -0.3 is 10.5 Å². The van der Waals surface area contributed by atoms with Gasteiger partial charge in [0.25, 0.3) is 0 Å². The lowest BCUT2D eigenvalue weighted by Gasteiger charge is -2.17. The molecule has 2 aromatic carbocycles. The number of hydrogen-bond donors (Lipinski definition) is 1. The summed E-state index contributed by atoms with van der Waals surface area (Å²) in [5, 5.41) is 2.24. The summed E-state index contributed by atoms with van der Waals surface area (Å²) in [6, 6.07) is 17.3. The van der Waals surface area contributed by atoms with Crippen molar-refractivity contribution in [3.8, 4) is 5.75 Å². The fourth-order valence-electron chi connectivity index (χ4n) is 4.67. The van der Waals surface area contributed by atoms with Crippen molar-refractivity contribution in [2.45, 2.75) is 51.4 Å². The zero-order chi connectivity index (χ0) is 22.1. The van der Waals surface area contributed by atoms with E-state index in [9.17, 15) is 0 Å². The van der Waals surface area contributed by atoms with E-state index in [0.717, 1.165) is 52.7 Å². The van der Waals surface area contributed by atoms with Gasteiger partial charge in [0, 0.05) is 17.0 Å². The minimum atomic E-state index is 0.391. The molecule has 4 nitrogen and oxygen atoms in total. The maximum atomic E-state index is 6.33. The highest BCUT2D eigenvalue weighted by molar-refractivity contribution is 6.08. The second-order valence-corrected chi connectivity index (χ2v) is 9.15. The average molecular weight is 426 g/mol. The molecule has 1 atom stereocenters. The van der Waals surface area contributed by atoms with Crippen LogP contribution in [0.15, 0.2) is 54.7 Å². The van der Waals surface area contributed by atoms with Crippen molar-refractivity contribution in [1.29, 1.82) is 0 Å². The molecule has 0 aliphatic heterocycles. The molecule has 0 amide bonds. The fraction of sp³-hybridized carbons (Fsp3) is 0.357. The molecule has 0 spiro atoms. The zero-order valence-electron chi connectivity index (χ0n) is 19.0. The summed E-state index contributed by atoms with van der Waals surface area (Å²) in [4.78, 5) is 9.44. The summed E-state index contributed by atoms with van der Waals surface area (Å²) >= 11 is 0. The number of ether oxygens (including phenoxy) is 1. The smallest absolute Gasteiger partial charge is 0.150 e. The van der Waals surface area contributed by atoms with Gasteiger partial charge in [-0.05, 0) is 78.5 Å². The largest absolute Gasteiger partial charge is 0.497 e. The number of aromatic nitrogens is 2. The van der Waals surface area contributed by atoms with Gasteiger partial charge in [-0.15, -0.1) is 0 Å². The molecule has 32 heavy (non-hydrogen) atoms. The second-order valence-electron chi connectivity index (χ2n) is 9.15. The predicted molar refractivity (Wildman–Crippen MR) is 132 cm³/mol. The van der Waals surface area contributed by atoms with Gasteiger partial charge in [-0.2, -0.15) is 0 Å². The van der Waals surface area contributed by atoms with Crippen molar-refractivity contribution in [1.82, 2.24) is 9.97 Å². The van der Waals surface area contributed by atoms with Crippen LogP contribution >= 0.6 is 0 Å². The van der Waals surface area contributed by atoms with Crippen LogP contribution in [0.4, 0.5) is 5.82 Å². The lowest BCUT2D eigenvalue weighted by atomic mass is 9.90. The van der Waals surface area contributed by atoms with Crippen LogP contribution in [0.5, 0.6) is 5.75 Å². The molecule has 1 saturated carbocycles. The number of hydrogen-bond acceptors (Lipinski definition) is 4. The highest BCUT2D eigenvalue weighted by Crippen LogP contribution is 2.35. The molecular formula is C28H31N3O. The summed E-state index contributed by atoms with van der Waals surface area (Å²) in [6.07, 6.45) is 9.19. The molecule has 1 aliphatic rings. The van der Waals surface area contributed by atoms with Gasteiger partial charge in [-0.1, -0.05) is 44.0 Å². The number of nitrogen functional groups attached to an aromatic ring is 1. The highest BCUT2D eigenvalue weighted by Gasteiger charge is 2.21. The van der Waals surface area contributed by atoms with Crippen molar-refractivity contribution in [3.63, 3.8) is 0 Å². The number of nitrogens with zero attached hydrogens (tertiary/aromatic N) is 2. The molecule has 1 aliphatic carbocycles. The Balaban J connectivity index is 1.49. The third kappa shape index (κ3) is 4.27. The molecule has 1 unspecified atom stereocenters. The number of pyridine rings is 2. The molecule has 4 aromatic rings. The standard InChI is InChI=1S/C28H31N3O/c1-3-21(14-19-8-11-23(32-2)12-9-19)22-16-25-24-13-10-20(7-6-18-4-5-18)15-26(24)31-28(29)27(25)30-17-22/h8-13,15-18,21H,3-7,14H2,1-2H3,(H2,29,31). The lowest BCUT2D eigenvalue weighted by molar-refractivity contribution is 0.414. The summed E-state index contributed by atoms with van der Waals surface area (Å²) in [5.41, 5.74) is 12.0. The van der Waals surface area contributed by atoms with Crippen molar-refractivity contribution >= 4 is 27.6 Å². The number of aryl methyl sites for hydroxylation is 1. The van der Waals surface area contributed by atoms with Crippen LogP contribution in [-0.4, -0.2) is 17.1 Å². The van der Waals surface area contributed by atoms with Crippen molar-refractivity contribution in [2.75, 3.05) is 12.8 Å². The topological polar surface area (TPSA) is 61.0 Å². The molecule has 2 aromatic heterocycles. The zero-order valence-corrected chi connectivity index (χ0v) is 19.0. The number of fused-ring (bicyclic) bond motifs is 3. The quantitative estimate of drug-likeness (QED) is 0.329. The normalized spacial score (nSPS) is 14.7. The molecule has 0 saturated heterocycles. The Labute approximate surface area is 189 Å². The van der Waals surface area contributed by atoms with Gasteiger partial charge in [0.2, 0.25) is 0 Å². The first kappa shape index (κ1) is 20.7. The summed E-state index contributed by atoms with van der Waals surface area (Å²) in [7, 11) is 1.70. The Hall–Kier alpha value is -3.14. The van der Waals surface area contributed by atoms with Gasteiger partial charge in [0.05, 0.1) is 12.6 Å². The van der Waals surface area contributed by atoms with E-state index in [0.29, 0.717) is 11.7 Å². The number of benzene rings is 2. The van der Waals surface area contributed by atoms with E-state index in [1.807, 2.05) is 18.3 Å². The number of nitrogens with two attached hydrogens (primary N) is 1. The Morgan fingerprint density at radius 2 is 1.81 bits per heavy atom. The van der Waals surface area contributed by atoms with Crippen LogP contribution in [0.2, 0.25) is 0 Å². The van der Waals surface area contributed by atoms with Crippen LogP contribution < -0.4 is 10.5 Å². The molecule has 2 heterocycles. The van der Waals surface area contributed by atoms with Crippen molar-refractivity contribution < 1.29 is 4.74 Å². The SMILES string of the molecule is CCC(Cc1ccc(OC)cc1)c1cnc2c(N)nc3cc(CCC4CC4)ccc3c2c1. The van der Waals surface area contributed by atoms with Crippen molar-refractivity contribution in [3.05, 3.63) is 71.4 Å². The molecule has 1 fully saturated rings. The molecular weight excluding hydrogens is 394 g/mol. The Bertz CT molecular complexity index is 1250. The van der Waals surface area contributed by atoms with Gasteiger partial charge >= 0.3 is 0 Å². The van der Waals surface area contributed by atoms with E-state index in [1.54, 1.807) is 7.11 Å². The Morgan fingerprint density at radius 3 is 2.53 bits per heavy atom. The second kappa shape index (κ2) is 8.78. The summed E-state index contributed by atoms with van der Waals surface area (Å²) < 4.78 is 5.30.